The van der Waals surface area contributed by atoms with Crippen LogP contribution in [0.2, 0.25) is 0 Å². The Hall–Kier alpha value is -2.66. The molecule has 2 aromatic carbocycles. The number of thiazole rings is 1. The lowest BCUT2D eigenvalue weighted by molar-refractivity contribution is -0.120. The highest BCUT2D eigenvalue weighted by molar-refractivity contribution is 7.13. The van der Waals surface area contributed by atoms with Crippen LogP contribution in [0.15, 0.2) is 66.0 Å². The van der Waals surface area contributed by atoms with Crippen LogP contribution in [-0.4, -0.2) is 10.9 Å². The third kappa shape index (κ3) is 4.66. The van der Waals surface area contributed by atoms with Gasteiger partial charge in [0, 0.05) is 17.6 Å². The van der Waals surface area contributed by atoms with Crippen molar-refractivity contribution in [2.45, 2.75) is 13.0 Å². The molecule has 0 aliphatic heterocycles. The zero-order valence-electron chi connectivity index (χ0n) is 12.5. The Morgan fingerprint density at radius 1 is 1.00 bits per heavy atom. The quantitative estimate of drug-likeness (QED) is 0.726. The van der Waals surface area contributed by atoms with Crippen LogP contribution in [-0.2, 0) is 17.8 Å². The maximum atomic E-state index is 12.0. The average Bonchev–Trinajstić information content (AvgIpc) is 3.02. The first-order valence-electron chi connectivity index (χ1n) is 7.37. The number of aromatic nitrogens is 1. The van der Waals surface area contributed by atoms with E-state index in [9.17, 15) is 4.79 Å². The number of carbonyl (C=O) groups is 1. The summed E-state index contributed by atoms with van der Waals surface area (Å²) in [6.07, 6.45) is 0.291. The molecule has 0 bridgehead atoms. The molecule has 0 aliphatic carbocycles. The van der Waals surface area contributed by atoms with E-state index in [4.69, 9.17) is 0 Å². The summed E-state index contributed by atoms with van der Waals surface area (Å²) in [4.78, 5) is 16.4. The van der Waals surface area contributed by atoms with Crippen molar-refractivity contribution >= 4 is 28.1 Å². The number of anilines is 2. The first-order chi connectivity index (χ1) is 11.3. The van der Waals surface area contributed by atoms with E-state index in [2.05, 4.69) is 15.6 Å². The standard InChI is InChI=1S/C18H17N3OS/c22-17(19-12-14-7-3-1-4-8-14)11-16-13-23-18(21-16)20-15-9-5-2-6-10-15/h1-10,13H,11-12H2,(H,19,22)(H,20,21). The van der Waals surface area contributed by atoms with E-state index in [0.717, 1.165) is 22.1 Å². The Morgan fingerprint density at radius 2 is 1.70 bits per heavy atom. The van der Waals surface area contributed by atoms with E-state index in [0.29, 0.717) is 13.0 Å². The van der Waals surface area contributed by atoms with Crippen molar-refractivity contribution in [3.05, 3.63) is 77.3 Å². The van der Waals surface area contributed by atoms with Crippen LogP contribution in [0, 0.1) is 0 Å². The number of amides is 1. The predicted octanol–water partition coefficient (Wildman–Crippen LogP) is 3.75. The van der Waals surface area contributed by atoms with Gasteiger partial charge in [0.15, 0.2) is 5.13 Å². The molecule has 0 aliphatic rings. The molecule has 5 heteroatoms. The molecule has 3 rings (SSSR count). The van der Waals surface area contributed by atoms with Crippen LogP contribution >= 0.6 is 11.3 Å². The van der Waals surface area contributed by atoms with Gasteiger partial charge in [-0.05, 0) is 17.7 Å². The van der Waals surface area contributed by atoms with Gasteiger partial charge in [0.1, 0.15) is 0 Å². The molecule has 0 atom stereocenters. The van der Waals surface area contributed by atoms with Crippen LogP contribution in [0.25, 0.3) is 0 Å². The summed E-state index contributed by atoms with van der Waals surface area (Å²) in [5.74, 6) is -0.0228. The monoisotopic (exact) mass is 323 g/mol. The zero-order valence-corrected chi connectivity index (χ0v) is 13.3. The van der Waals surface area contributed by atoms with Gasteiger partial charge >= 0.3 is 0 Å². The lowest BCUT2D eigenvalue weighted by Crippen LogP contribution is -2.24. The minimum atomic E-state index is -0.0228. The number of para-hydroxylation sites is 1. The molecule has 0 unspecified atom stereocenters. The van der Waals surface area contributed by atoms with Crippen LogP contribution < -0.4 is 10.6 Å². The summed E-state index contributed by atoms with van der Waals surface area (Å²) in [7, 11) is 0. The molecular weight excluding hydrogens is 306 g/mol. The number of hydrogen-bond acceptors (Lipinski definition) is 4. The lowest BCUT2D eigenvalue weighted by Gasteiger charge is -2.04. The molecule has 116 valence electrons. The third-order valence-electron chi connectivity index (χ3n) is 3.25. The molecule has 0 spiro atoms. The Morgan fingerprint density at radius 3 is 2.43 bits per heavy atom. The fourth-order valence-corrected chi connectivity index (χ4v) is 2.84. The van der Waals surface area contributed by atoms with Crippen molar-refractivity contribution in [3.63, 3.8) is 0 Å². The van der Waals surface area contributed by atoms with Gasteiger partial charge in [0.2, 0.25) is 5.91 Å². The van der Waals surface area contributed by atoms with Crippen molar-refractivity contribution < 1.29 is 4.79 Å². The van der Waals surface area contributed by atoms with Crippen LogP contribution in [0.4, 0.5) is 10.8 Å². The second kappa shape index (κ2) is 7.56. The maximum absolute atomic E-state index is 12.0. The Balaban J connectivity index is 1.51. The molecule has 3 aromatic rings. The highest BCUT2D eigenvalue weighted by atomic mass is 32.1. The second-order valence-corrected chi connectivity index (χ2v) is 5.93. The smallest absolute Gasteiger partial charge is 0.226 e. The van der Waals surface area contributed by atoms with Crippen LogP contribution in [0.1, 0.15) is 11.3 Å². The summed E-state index contributed by atoms with van der Waals surface area (Å²) in [6.45, 7) is 0.541. The minimum absolute atomic E-state index is 0.0228. The number of nitrogens with one attached hydrogen (secondary N) is 2. The number of hydrogen-bond donors (Lipinski definition) is 2. The van der Waals surface area contributed by atoms with Gasteiger partial charge in [-0.15, -0.1) is 11.3 Å². The number of carbonyl (C=O) groups excluding carboxylic acids is 1. The molecule has 23 heavy (non-hydrogen) atoms. The zero-order chi connectivity index (χ0) is 15.9. The van der Waals surface area contributed by atoms with Crippen molar-refractivity contribution in [1.29, 1.82) is 0 Å². The van der Waals surface area contributed by atoms with Gasteiger partial charge in [0.05, 0.1) is 12.1 Å². The Labute approximate surface area is 139 Å². The third-order valence-corrected chi connectivity index (χ3v) is 4.06. The topological polar surface area (TPSA) is 54.0 Å². The van der Waals surface area contributed by atoms with Crippen molar-refractivity contribution in [2.75, 3.05) is 5.32 Å². The molecule has 2 N–H and O–H groups in total. The SMILES string of the molecule is O=C(Cc1csc(Nc2ccccc2)n1)NCc1ccccc1. The Kier molecular flexibility index (Phi) is 5.01. The fraction of sp³-hybridized carbons (Fsp3) is 0.111. The first-order valence-corrected chi connectivity index (χ1v) is 8.25. The van der Waals surface area contributed by atoms with Gasteiger partial charge in [0.25, 0.3) is 0 Å². The second-order valence-electron chi connectivity index (χ2n) is 5.07. The molecule has 1 aromatic heterocycles. The van der Waals surface area contributed by atoms with Gasteiger partial charge in [-0.25, -0.2) is 4.98 Å². The van der Waals surface area contributed by atoms with Crippen LogP contribution in [0.5, 0.6) is 0 Å². The van der Waals surface area contributed by atoms with Gasteiger partial charge < -0.3 is 10.6 Å². The summed E-state index contributed by atoms with van der Waals surface area (Å²) >= 11 is 1.50. The van der Waals surface area contributed by atoms with E-state index in [1.165, 1.54) is 11.3 Å². The van der Waals surface area contributed by atoms with Crippen molar-refractivity contribution in [2.24, 2.45) is 0 Å². The normalized spacial score (nSPS) is 10.3. The number of nitrogens with zero attached hydrogens (tertiary/aromatic N) is 1. The Bertz CT molecular complexity index is 756. The highest BCUT2D eigenvalue weighted by Gasteiger charge is 2.08. The predicted molar refractivity (Wildman–Crippen MR) is 93.8 cm³/mol. The molecule has 0 saturated heterocycles. The van der Waals surface area contributed by atoms with E-state index in [-0.39, 0.29) is 5.91 Å². The highest BCUT2D eigenvalue weighted by Crippen LogP contribution is 2.20. The first kappa shape index (κ1) is 15.2. The summed E-state index contributed by atoms with van der Waals surface area (Å²) in [5, 5.41) is 8.85. The fourth-order valence-electron chi connectivity index (χ4n) is 2.11. The molecule has 4 nitrogen and oxygen atoms in total. The van der Waals surface area contributed by atoms with E-state index < -0.39 is 0 Å². The van der Waals surface area contributed by atoms with E-state index >= 15 is 0 Å². The average molecular weight is 323 g/mol. The molecule has 0 saturated carbocycles. The summed E-state index contributed by atoms with van der Waals surface area (Å²) < 4.78 is 0. The van der Waals surface area contributed by atoms with Crippen molar-refractivity contribution in [3.8, 4) is 0 Å². The summed E-state index contributed by atoms with van der Waals surface area (Å²) in [6, 6.07) is 19.7. The number of rotatable bonds is 6. The summed E-state index contributed by atoms with van der Waals surface area (Å²) in [5.41, 5.74) is 2.85. The molecule has 0 fully saturated rings. The van der Waals surface area contributed by atoms with Gasteiger partial charge in [-0.1, -0.05) is 48.5 Å². The molecule has 0 radical (unpaired) electrons. The lowest BCUT2D eigenvalue weighted by atomic mass is 10.2. The largest absolute Gasteiger partial charge is 0.352 e. The molecule has 1 heterocycles. The van der Waals surface area contributed by atoms with Gasteiger partial charge in [-0.2, -0.15) is 0 Å². The van der Waals surface area contributed by atoms with Crippen LogP contribution in [0.3, 0.4) is 0 Å². The van der Waals surface area contributed by atoms with E-state index in [1.807, 2.05) is 66.0 Å². The maximum Gasteiger partial charge on any atom is 0.226 e. The van der Waals surface area contributed by atoms with E-state index in [1.54, 1.807) is 0 Å². The minimum Gasteiger partial charge on any atom is -0.352 e. The molecular formula is C18H17N3OS. The van der Waals surface area contributed by atoms with Gasteiger partial charge in [-0.3, -0.25) is 4.79 Å². The number of benzene rings is 2. The van der Waals surface area contributed by atoms with Crippen molar-refractivity contribution in [1.82, 2.24) is 10.3 Å². The molecule has 1 amide bonds.